The second-order valence-electron chi connectivity index (χ2n) is 8.82. The molecule has 0 aromatic carbocycles. The quantitative estimate of drug-likeness (QED) is 0.702. The van der Waals surface area contributed by atoms with Crippen molar-refractivity contribution in [2.24, 2.45) is 5.41 Å². The normalized spacial score (nSPS) is 19.8. The first-order valence-electron chi connectivity index (χ1n) is 9.49. The summed E-state index contributed by atoms with van der Waals surface area (Å²) in [5, 5.41) is 0. The number of rotatable bonds is 1. The Balaban J connectivity index is 1.73. The van der Waals surface area contributed by atoms with Crippen molar-refractivity contribution in [2.75, 3.05) is 24.5 Å². The Kier molecular flexibility index (Phi) is 5.25. The average Bonchev–Trinajstić information content (AvgIpc) is 2.89. The summed E-state index contributed by atoms with van der Waals surface area (Å²) in [7, 11) is 0. The van der Waals surface area contributed by atoms with Gasteiger partial charge in [0.15, 0.2) is 0 Å². The monoisotopic (exact) mass is 414 g/mol. The van der Waals surface area contributed by atoms with E-state index in [-0.39, 0.29) is 30.1 Å². The van der Waals surface area contributed by atoms with Crippen LogP contribution in [0.1, 0.15) is 51.4 Å². The van der Waals surface area contributed by atoms with E-state index >= 15 is 0 Å². The summed E-state index contributed by atoms with van der Waals surface area (Å²) in [5.74, 6) is -1.51. The van der Waals surface area contributed by atoms with Crippen molar-refractivity contribution in [1.82, 2.24) is 14.9 Å². The molecule has 7 nitrogen and oxygen atoms in total. The molecule has 0 atom stereocenters. The summed E-state index contributed by atoms with van der Waals surface area (Å²) in [6.45, 7) is 8.12. The van der Waals surface area contributed by atoms with Crippen LogP contribution in [0.4, 0.5) is 23.8 Å². The summed E-state index contributed by atoms with van der Waals surface area (Å²) in [6.07, 6.45) is -2.61. The number of piperidine rings is 1. The van der Waals surface area contributed by atoms with Gasteiger partial charge in [-0.05, 0) is 40.5 Å². The van der Waals surface area contributed by atoms with Crippen LogP contribution in [0.25, 0.3) is 0 Å². The van der Waals surface area contributed by atoms with Gasteiger partial charge in [0.1, 0.15) is 11.4 Å². The Hall–Kier alpha value is -2.39. The fraction of sp³-hybridized carbons (Fsp3) is 0.684. The van der Waals surface area contributed by atoms with Crippen molar-refractivity contribution in [3.63, 3.8) is 0 Å². The molecule has 2 saturated heterocycles. The fourth-order valence-corrected chi connectivity index (χ4v) is 3.76. The van der Waals surface area contributed by atoms with Crippen LogP contribution >= 0.6 is 0 Å². The SMILES string of the molecule is Cc1cnc(C(F)(F)F)nc1N1CC2(CCN(C(=O)OC(C)(C)C)CC2)CC1=O. The molecule has 1 aromatic rings. The Labute approximate surface area is 167 Å². The third-order valence-electron chi connectivity index (χ3n) is 5.25. The molecule has 160 valence electrons. The molecule has 0 unspecified atom stereocenters. The smallest absolute Gasteiger partial charge is 0.444 e. The Morgan fingerprint density at radius 1 is 1.21 bits per heavy atom. The van der Waals surface area contributed by atoms with Gasteiger partial charge in [0.05, 0.1) is 0 Å². The topological polar surface area (TPSA) is 75.6 Å². The highest BCUT2D eigenvalue weighted by Crippen LogP contribution is 2.43. The van der Waals surface area contributed by atoms with E-state index in [0.29, 0.717) is 31.5 Å². The first-order chi connectivity index (χ1) is 13.3. The summed E-state index contributed by atoms with van der Waals surface area (Å²) in [6, 6.07) is 0. The summed E-state index contributed by atoms with van der Waals surface area (Å²) in [4.78, 5) is 34.8. The van der Waals surface area contributed by atoms with Gasteiger partial charge in [0, 0.05) is 43.2 Å². The number of aryl methyl sites for hydroxylation is 1. The number of halogens is 3. The number of hydrogen-bond donors (Lipinski definition) is 0. The predicted octanol–water partition coefficient (Wildman–Crippen LogP) is 3.56. The number of likely N-dealkylation sites (tertiary alicyclic amines) is 1. The van der Waals surface area contributed by atoms with Crippen molar-refractivity contribution in [2.45, 2.75) is 58.7 Å². The number of carbonyl (C=O) groups is 2. The number of carbonyl (C=O) groups excluding carboxylic acids is 2. The maximum atomic E-state index is 13.0. The molecular formula is C19H25F3N4O3. The van der Waals surface area contributed by atoms with Crippen LogP contribution < -0.4 is 4.90 Å². The zero-order valence-electron chi connectivity index (χ0n) is 17.0. The molecular weight excluding hydrogens is 389 g/mol. The number of ether oxygens (including phenoxy) is 1. The third kappa shape index (κ3) is 4.62. The number of aromatic nitrogens is 2. The molecule has 1 aromatic heterocycles. The van der Waals surface area contributed by atoms with E-state index in [1.165, 1.54) is 4.90 Å². The second kappa shape index (κ2) is 7.14. The molecule has 2 amide bonds. The third-order valence-corrected chi connectivity index (χ3v) is 5.25. The van der Waals surface area contributed by atoms with Crippen molar-refractivity contribution in [1.29, 1.82) is 0 Å². The van der Waals surface area contributed by atoms with Crippen molar-refractivity contribution in [3.05, 3.63) is 17.6 Å². The molecule has 1 spiro atoms. The minimum absolute atomic E-state index is 0.00349. The number of anilines is 1. The van der Waals surface area contributed by atoms with Crippen LogP contribution in [-0.4, -0.2) is 52.1 Å². The van der Waals surface area contributed by atoms with Gasteiger partial charge in [0.25, 0.3) is 0 Å². The highest BCUT2D eigenvalue weighted by atomic mass is 19.4. The average molecular weight is 414 g/mol. The molecule has 3 heterocycles. The van der Waals surface area contributed by atoms with Crippen LogP contribution in [0.3, 0.4) is 0 Å². The molecule has 3 rings (SSSR count). The van der Waals surface area contributed by atoms with Crippen molar-refractivity contribution in [3.8, 4) is 0 Å². The fourth-order valence-electron chi connectivity index (χ4n) is 3.76. The first kappa shape index (κ1) is 21.3. The van der Waals surface area contributed by atoms with Gasteiger partial charge in [0.2, 0.25) is 11.7 Å². The Bertz CT molecular complexity index is 812. The molecule has 0 saturated carbocycles. The lowest BCUT2D eigenvalue weighted by Gasteiger charge is -2.39. The van der Waals surface area contributed by atoms with Crippen molar-refractivity contribution < 1.29 is 27.5 Å². The van der Waals surface area contributed by atoms with E-state index in [2.05, 4.69) is 9.97 Å². The molecule has 2 fully saturated rings. The zero-order valence-corrected chi connectivity index (χ0v) is 17.0. The van der Waals surface area contributed by atoms with E-state index in [1.54, 1.807) is 32.6 Å². The first-order valence-corrected chi connectivity index (χ1v) is 9.49. The summed E-state index contributed by atoms with van der Waals surface area (Å²) >= 11 is 0. The standard InChI is InChI=1S/C19H25F3N4O3/c1-12-10-23-15(19(20,21)22)24-14(12)26-11-18(9-13(26)27)5-7-25(8-6-18)16(28)29-17(2,3)4/h10H,5-9,11H2,1-4H3. The van der Waals surface area contributed by atoms with Crippen LogP contribution in [0.15, 0.2) is 6.20 Å². The van der Waals surface area contributed by atoms with Gasteiger partial charge >= 0.3 is 12.3 Å². The summed E-state index contributed by atoms with van der Waals surface area (Å²) in [5.41, 5.74) is -0.562. The van der Waals surface area contributed by atoms with E-state index in [1.807, 2.05) is 0 Å². The molecule has 2 aliphatic heterocycles. The van der Waals surface area contributed by atoms with Crippen molar-refractivity contribution >= 4 is 17.8 Å². The van der Waals surface area contributed by atoms with Crippen LogP contribution in [0.5, 0.6) is 0 Å². The van der Waals surface area contributed by atoms with Gasteiger partial charge in [-0.25, -0.2) is 14.8 Å². The number of amides is 2. The minimum Gasteiger partial charge on any atom is -0.444 e. The lowest BCUT2D eigenvalue weighted by molar-refractivity contribution is -0.145. The molecule has 0 aliphatic carbocycles. The van der Waals surface area contributed by atoms with Crippen LogP contribution in [0, 0.1) is 12.3 Å². The van der Waals surface area contributed by atoms with Gasteiger partial charge in [-0.15, -0.1) is 0 Å². The zero-order chi connectivity index (χ0) is 21.6. The van der Waals surface area contributed by atoms with E-state index < -0.39 is 23.7 Å². The van der Waals surface area contributed by atoms with E-state index in [0.717, 1.165) is 6.20 Å². The van der Waals surface area contributed by atoms with Gasteiger partial charge in [-0.3, -0.25) is 9.69 Å². The van der Waals surface area contributed by atoms with Gasteiger partial charge in [-0.1, -0.05) is 0 Å². The predicted molar refractivity (Wildman–Crippen MR) is 98.2 cm³/mol. The Morgan fingerprint density at radius 2 is 1.83 bits per heavy atom. The number of hydrogen-bond acceptors (Lipinski definition) is 5. The molecule has 2 aliphatic rings. The van der Waals surface area contributed by atoms with Crippen LogP contribution in [-0.2, 0) is 15.7 Å². The summed E-state index contributed by atoms with van der Waals surface area (Å²) < 4.78 is 44.4. The van der Waals surface area contributed by atoms with Gasteiger partial charge < -0.3 is 9.64 Å². The van der Waals surface area contributed by atoms with Crippen LogP contribution in [0.2, 0.25) is 0 Å². The second-order valence-corrected chi connectivity index (χ2v) is 8.82. The number of alkyl halides is 3. The lowest BCUT2D eigenvalue weighted by atomic mass is 9.78. The molecule has 0 bridgehead atoms. The largest absolute Gasteiger partial charge is 0.451 e. The maximum Gasteiger partial charge on any atom is 0.451 e. The minimum atomic E-state index is -4.68. The maximum absolute atomic E-state index is 13.0. The molecule has 10 heteroatoms. The Morgan fingerprint density at radius 3 is 2.38 bits per heavy atom. The van der Waals surface area contributed by atoms with E-state index in [4.69, 9.17) is 4.74 Å². The highest BCUT2D eigenvalue weighted by molar-refractivity contribution is 5.96. The van der Waals surface area contributed by atoms with Gasteiger partial charge in [-0.2, -0.15) is 13.2 Å². The lowest BCUT2D eigenvalue weighted by Crippen LogP contribution is -2.46. The molecule has 0 radical (unpaired) electrons. The van der Waals surface area contributed by atoms with E-state index in [9.17, 15) is 22.8 Å². The molecule has 29 heavy (non-hydrogen) atoms. The highest BCUT2D eigenvalue weighted by Gasteiger charge is 2.47. The molecule has 0 N–H and O–H groups in total. The number of nitrogens with zero attached hydrogens (tertiary/aromatic N) is 4.